The number of rotatable bonds is 4. The molecule has 1 aromatic heterocycles. The minimum Gasteiger partial charge on any atom is -0.282 e. The molecule has 1 aromatic carbocycles. The molecule has 100 valence electrons. The number of benzene rings is 1. The monoisotopic (exact) mass is 275 g/mol. The highest BCUT2D eigenvalue weighted by Crippen LogP contribution is 2.41. The Hall–Kier alpha value is -1.35. The molecule has 0 N–H and O–H groups in total. The number of hydrogen-bond acceptors (Lipinski definition) is 2. The molecule has 1 heterocycles. The molecular formula is C15H18ClN3. The number of halogens is 1. The highest BCUT2D eigenvalue weighted by Gasteiger charge is 2.24. The van der Waals surface area contributed by atoms with E-state index in [9.17, 15) is 0 Å². The summed E-state index contributed by atoms with van der Waals surface area (Å²) in [5, 5.41) is 9.22. The average Bonchev–Trinajstić information content (AvgIpc) is 3.17. The largest absolute Gasteiger partial charge is 0.282 e. The van der Waals surface area contributed by atoms with Crippen LogP contribution in [-0.4, -0.2) is 14.8 Å². The fraction of sp³-hybridized carbons (Fsp3) is 0.467. The van der Waals surface area contributed by atoms with Crippen LogP contribution in [0.3, 0.4) is 0 Å². The van der Waals surface area contributed by atoms with Crippen molar-refractivity contribution in [1.82, 2.24) is 14.8 Å². The molecule has 1 aliphatic rings. The molecule has 3 nitrogen and oxygen atoms in total. The van der Waals surface area contributed by atoms with Gasteiger partial charge in [0.05, 0.1) is 10.7 Å². The minimum absolute atomic E-state index is 0.726. The van der Waals surface area contributed by atoms with Crippen LogP contribution in [-0.2, 0) is 6.42 Å². The summed E-state index contributed by atoms with van der Waals surface area (Å²) >= 11 is 6.46. The lowest BCUT2D eigenvalue weighted by molar-refractivity contribution is 0.797. The van der Waals surface area contributed by atoms with E-state index in [0.717, 1.165) is 41.1 Å². The molecule has 4 heteroatoms. The van der Waals surface area contributed by atoms with E-state index >= 15 is 0 Å². The van der Waals surface area contributed by atoms with Gasteiger partial charge in [-0.2, -0.15) is 0 Å². The molecule has 0 spiro atoms. The zero-order chi connectivity index (χ0) is 13.4. The third-order valence-corrected chi connectivity index (χ3v) is 3.93. The van der Waals surface area contributed by atoms with Crippen LogP contribution < -0.4 is 0 Å². The summed E-state index contributed by atoms with van der Waals surface area (Å²) in [7, 11) is 0. The van der Waals surface area contributed by atoms with Crippen LogP contribution in [0.25, 0.3) is 5.69 Å². The van der Waals surface area contributed by atoms with Crippen molar-refractivity contribution in [2.45, 2.75) is 45.4 Å². The van der Waals surface area contributed by atoms with Gasteiger partial charge in [-0.25, -0.2) is 0 Å². The van der Waals surface area contributed by atoms with Gasteiger partial charge >= 0.3 is 0 Å². The van der Waals surface area contributed by atoms with Gasteiger partial charge in [0, 0.05) is 6.42 Å². The Bertz CT molecular complexity index is 599. The van der Waals surface area contributed by atoms with Gasteiger partial charge in [-0.05, 0) is 49.8 Å². The fourth-order valence-corrected chi connectivity index (χ4v) is 2.75. The van der Waals surface area contributed by atoms with Crippen LogP contribution in [0.1, 0.15) is 49.3 Å². The van der Waals surface area contributed by atoms with E-state index in [4.69, 9.17) is 11.6 Å². The second-order valence-electron chi connectivity index (χ2n) is 5.23. The highest BCUT2D eigenvalue weighted by atomic mass is 35.5. The predicted molar refractivity (Wildman–Crippen MR) is 77.1 cm³/mol. The molecular weight excluding hydrogens is 258 g/mol. The smallest absolute Gasteiger partial charge is 0.137 e. The molecule has 19 heavy (non-hydrogen) atoms. The molecule has 0 radical (unpaired) electrons. The minimum atomic E-state index is 0.726. The van der Waals surface area contributed by atoms with Crippen molar-refractivity contribution in [1.29, 1.82) is 0 Å². The van der Waals surface area contributed by atoms with Gasteiger partial charge in [-0.1, -0.05) is 24.6 Å². The molecule has 1 aliphatic carbocycles. The van der Waals surface area contributed by atoms with Crippen molar-refractivity contribution >= 4 is 11.6 Å². The van der Waals surface area contributed by atoms with Crippen molar-refractivity contribution in [3.05, 3.63) is 40.4 Å². The van der Waals surface area contributed by atoms with Crippen molar-refractivity contribution < 1.29 is 0 Å². The summed E-state index contributed by atoms with van der Waals surface area (Å²) in [6.07, 6.45) is 4.56. The van der Waals surface area contributed by atoms with Gasteiger partial charge in [0.2, 0.25) is 0 Å². The predicted octanol–water partition coefficient (Wildman–Crippen LogP) is 4.06. The maximum atomic E-state index is 6.46. The second-order valence-corrected chi connectivity index (χ2v) is 5.64. The van der Waals surface area contributed by atoms with Crippen LogP contribution >= 0.6 is 11.6 Å². The summed E-state index contributed by atoms with van der Waals surface area (Å²) in [6, 6.07) is 6.39. The molecule has 0 bridgehead atoms. The molecule has 3 rings (SSSR count). The molecule has 0 saturated heterocycles. The number of aryl methyl sites for hydroxylation is 2. The molecule has 1 saturated carbocycles. The number of aromatic nitrogens is 3. The van der Waals surface area contributed by atoms with Gasteiger partial charge < -0.3 is 0 Å². The molecule has 0 atom stereocenters. The third kappa shape index (κ3) is 2.39. The normalized spacial score (nSPS) is 14.9. The molecule has 2 aromatic rings. The molecule has 1 fully saturated rings. The van der Waals surface area contributed by atoms with Gasteiger partial charge in [0.1, 0.15) is 11.6 Å². The summed E-state index contributed by atoms with van der Waals surface area (Å²) < 4.78 is 2.07. The maximum absolute atomic E-state index is 6.46. The number of hydrogen-bond donors (Lipinski definition) is 0. The van der Waals surface area contributed by atoms with E-state index in [1.807, 2.05) is 6.92 Å². The van der Waals surface area contributed by atoms with Crippen molar-refractivity contribution in [3.63, 3.8) is 0 Å². The van der Waals surface area contributed by atoms with Gasteiger partial charge in [0.15, 0.2) is 0 Å². The first-order chi connectivity index (χ1) is 9.20. The SMILES string of the molecule is CCCc1nnc(C)n1-c1ccc(C2CC2)cc1Cl. The van der Waals surface area contributed by atoms with E-state index in [0.29, 0.717) is 0 Å². The van der Waals surface area contributed by atoms with Gasteiger partial charge in [-0.3, -0.25) is 4.57 Å². The summed E-state index contributed by atoms with van der Waals surface area (Å²) in [6.45, 7) is 4.11. The summed E-state index contributed by atoms with van der Waals surface area (Å²) in [5.41, 5.74) is 2.36. The number of nitrogens with zero attached hydrogens (tertiary/aromatic N) is 3. The van der Waals surface area contributed by atoms with E-state index in [1.165, 1.54) is 18.4 Å². The first-order valence-corrected chi connectivity index (χ1v) is 7.29. The Morgan fingerprint density at radius 2 is 2.11 bits per heavy atom. The van der Waals surface area contributed by atoms with Crippen molar-refractivity contribution in [2.24, 2.45) is 0 Å². The molecule has 0 aliphatic heterocycles. The summed E-state index contributed by atoms with van der Waals surface area (Å²) in [5.74, 6) is 2.61. The van der Waals surface area contributed by atoms with Crippen LogP contribution in [0, 0.1) is 6.92 Å². The fourth-order valence-electron chi connectivity index (χ4n) is 2.48. The first kappa shape index (κ1) is 12.7. The van der Waals surface area contributed by atoms with Gasteiger partial charge in [0.25, 0.3) is 0 Å². The molecule has 0 amide bonds. The summed E-state index contributed by atoms with van der Waals surface area (Å²) in [4.78, 5) is 0. The van der Waals surface area contributed by atoms with Crippen molar-refractivity contribution in [2.75, 3.05) is 0 Å². The Balaban J connectivity index is 2.03. The van der Waals surface area contributed by atoms with E-state index in [-0.39, 0.29) is 0 Å². The Morgan fingerprint density at radius 1 is 1.32 bits per heavy atom. The quantitative estimate of drug-likeness (QED) is 0.842. The first-order valence-electron chi connectivity index (χ1n) is 6.91. The van der Waals surface area contributed by atoms with Crippen molar-refractivity contribution in [3.8, 4) is 5.69 Å². The van der Waals surface area contributed by atoms with Gasteiger partial charge in [-0.15, -0.1) is 10.2 Å². The lowest BCUT2D eigenvalue weighted by Crippen LogP contribution is -2.04. The van der Waals surface area contributed by atoms with Crippen LogP contribution in [0.5, 0.6) is 0 Å². The zero-order valence-corrected chi connectivity index (χ0v) is 12.1. The topological polar surface area (TPSA) is 30.7 Å². The van der Waals surface area contributed by atoms with Crippen LogP contribution in [0.4, 0.5) is 0 Å². The standard InChI is InChI=1S/C15H18ClN3/c1-3-4-15-18-17-10(2)19(15)14-8-7-12(9-13(14)16)11-5-6-11/h7-9,11H,3-6H2,1-2H3. The van der Waals surface area contributed by atoms with E-state index < -0.39 is 0 Å². The van der Waals surface area contributed by atoms with Crippen LogP contribution in [0.2, 0.25) is 5.02 Å². The Kier molecular flexibility index (Phi) is 3.31. The Morgan fingerprint density at radius 3 is 2.74 bits per heavy atom. The maximum Gasteiger partial charge on any atom is 0.137 e. The molecule has 0 unspecified atom stereocenters. The lowest BCUT2D eigenvalue weighted by atomic mass is 10.1. The third-order valence-electron chi connectivity index (χ3n) is 3.63. The van der Waals surface area contributed by atoms with E-state index in [2.05, 4.69) is 39.9 Å². The van der Waals surface area contributed by atoms with E-state index in [1.54, 1.807) is 0 Å². The zero-order valence-electron chi connectivity index (χ0n) is 11.4. The average molecular weight is 276 g/mol. The lowest BCUT2D eigenvalue weighted by Gasteiger charge is -2.11. The Labute approximate surface area is 118 Å². The highest BCUT2D eigenvalue weighted by molar-refractivity contribution is 6.32. The second kappa shape index (κ2) is 4.97. The van der Waals surface area contributed by atoms with Crippen LogP contribution in [0.15, 0.2) is 18.2 Å².